The van der Waals surface area contributed by atoms with Gasteiger partial charge in [-0.1, -0.05) is 19.4 Å². The number of hydrogen-bond donors (Lipinski definition) is 0. The van der Waals surface area contributed by atoms with Gasteiger partial charge < -0.3 is 14.2 Å². The highest BCUT2D eigenvalue weighted by Crippen LogP contribution is 2.32. The molecular formula is C24H28N2O6. The van der Waals surface area contributed by atoms with Crippen LogP contribution >= 0.6 is 0 Å². The van der Waals surface area contributed by atoms with Crippen molar-refractivity contribution >= 4 is 23.9 Å². The second-order valence-corrected chi connectivity index (χ2v) is 7.24. The van der Waals surface area contributed by atoms with Gasteiger partial charge in [0.15, 0.2) is 11.5 Å². The number of nitriles is 1. The molecule has 0 atom stereocenters. The molecule has 1 aromatic rings. The Morgan fingerprint density at radius 2 is 1.91 bits per heavy atom. The molecule has 2 amide bonds. The van der Waals surface area contributed by atoms with E-state index in [4.69, 9.17) is 14.2 Å². The lowest BCUT2D eigenvalue weighted by molar-refractivity contribution is -0.141. The summed E-state index contributed by atoms with van der Waals surface area (Å²) in [4.78, 5) is 37.6. The molecule has 0 saturated heterocycles. The van der Waals surface area contributed by atoms with Gasteiger partial charge in [0.25, 0.3) is 11.8 Å². The van der Waals surface area contributed by atoms with Gasteiger partial charge in [-0.25, -0.2) is 0 Å². The maximum atomic E-state index is 13.1. The van der Waals surface area contributed by atoms with Crippen molar-refractivity contribution in [2.45, 2.75) is 40.0 Å². The Hall–Kier alpha value is -3.60. The van der Waals surface area contributed by atoms with Gasteiger partial charge >= 0.3 is 5.97 Å². The molecule has 32 heavy (non-hydrogen) atoms. The van der Waals surface area contributed by atoms with E-state index in [2.05, 4.69) is 6.92 Å². The van der Waals surface area contributed by atoms with Crippen molar-refractivity contribution in [1.82, 2.24) is 4.90 Å². The summed E-state index contributed by atoms with van der Waals surface area (Å²) in [6, 6.07) is 7.19. The summed E-state index contributed by atoms with van der Waals surface area (Å²) in [5.74, 6) is -0.462. The van der Waals surface area contributed by atoms with Gasteiger partial charge in [0, 0.05) is 19.0 Å². The SMILES string of the molecule is CCCCOc1ccc(/C=C2/C(=O)N(CCCOC(C)=O)C(=O)C(C#N)=C2C)cc1OC. The largest absolute Gasteiger partial charge is 0.493 e. The number of unbranched alkanes of at least 4 members (excludes halogenated alkanes) is 1. The minimum atomic E-state index is -0.646. The predicted molar refractivity (Wildman–Crippen MR) is 118 cm³/mol. The molecule has 0 bridgehead atoms. The van der Waals surface area contributed by atoms with Gasteiger partial charge in [-0.3, -0.25) is 19.3 Å². The number of imide groups is 1. The molecule has 8 heteroatoms. The molecule has 0 radical (unpaired) electrons. The molecule has 0 fully saturated rings. The van der Waals surface area contributed by atoms with E-state index in [1.165, 1.54) is 14.0 Å². The molecule has 170 valence electrons. The number of amides is 2. The van der Waals surface area contributed by atoms with Crippen molar-refractivity contribution in [3.8, 4) is 17.6 Å². The van der Waals surface area contributed by atoms with Crippen molar-refractivity contribution in [2.75, 3.05) is 26.9 Å². The van der Waals surface area contributed by atoms with Gasteiger partial charge in [0.05, 0.1) is 20.3 Å². The van der Waals surface area contributed by atoms with Crippen molar-refractivity contribution in [2.24, 2.45) is 0 Å². The van der Waals surface area contributed by atoms with Crippen LogP contribution in [-0.4, -0.2) is 49.6 Å². The van der Waals surface area contributed by atoms with Gasteiger partial charge in [-0.05, 0) is 49.1 Å². The number of rotatable bonds is 10. The molecule has 1 aliphatic rings. The average Bonchev–Trinajstić information content (AvgIpc) is 2.77. The molecule has 1 aliphatic heterocycles. The van der Waals surface area contributed by atoms with Crippen LogP contribution in [0.2, 0.25) is 0 Å². The number of esters is 1. The van der Waals surface area contributed by atoms with Crippen LogP contribution < -0.4 is 9.47 Å². The zero-order valence-electron chi connectivity index (χ0n) is 18.9. The Morgan fingerprint density at radius 3 is 2.53 bits per heavy atom. The number of ether oxygens (including phenoxy) is 3. The number of carbonyl (C=O) groups excluding carboxylic acids is 3. The average molecular weight is 440 g/mol. The van der Waals surface area contributed by atoms with E-state index < -0.39 is 17.8 Å². The maximum Gasteiger partial charge on any atom is 0.302 e. The molecular weight excluding hydrogens is 412 g/mol. The summed E-state index contributed by atoms with van der Waals surface area (Å²) in [6.45, 7) is 5.62. The highest BCUT2D eigenvalue weighted by Gasteiger charge is 2.35. The van der Waals surface area contributed by atoms with E-state index in [0.717, 1.165) is 17.7 Å². The lowest BCUT2D eigenvalue weighted by Gasteiger charge is -2.27. The van der Waals surface area contributed by atoms with E-state index >= 15 is 0 Å². The maximum absolute atomic E-state index is 13.1. The third kappa shape index (κ3) is 5.97. The second kappa shape index (κ2) is 11.7. The summed E-state index contributed by atoms with van der Waals surface area (Å²) in [5, 5.41) is 9.49. The Labute approximate surface area is 188 Å². The Kier molecular flexibility index (Phi) is 9.02. The highest BCUT2D eigenvalue weighted by atomic mass is 16.5. The van der Waals surface area contributed by atoms with Gasteiger partial charge in [-0.2, -0.15) is 5.26 Å². The fourth-order valence-corrected chi connectivity index (χ4v) is 3.16. The van der Waals surface area contributed by atoms with Crippen LogP contribution in [0.15, 0.2) is 34.9 Å². The third-order valence-electron chi connectivity index (χ3n) is 4.91. The molecule has 0 aromatic heterocycles. The van der Waals surface area contributed by atoms with Crippen LogP contribution in [0.25, 0.3) is 6.08 Å². The Morgan fingerprint density at radius 1 is 1.16 bits per heavy atom. The lowest BCUT2D eigenvalue weighted by atomic mass is 9.93. The highest BCUT2D eigenvalue weighted by molar-refractivity contribution is 6.19. The van der Waals surface area contributed by atoms with Gasteiger partial charge in [-0.15, -0.1) is 0 Å². The van der Waals surface area contributed by atoms with E-state index in [1.54, 1.807) is 31.2 Å². The second-order valence-electron chi connectivity index (χ2n) is 7.24. The quantitative estimate of drug-likeness (QED) is 0.237. The Balaban J connectivity index is 2.34. The van der Waals surface area contributed by atoms with Crippen molar-refractivity contribution in [3.63, 3.8) is 0 Å². The van der Waals surface area contributed by atoms with E-state index in [9.17, 15) is 19.6 Å². The molecule has 1 aromatic carbocycles. The monoisotopic (exact) mass is 440 g/mol. The summed E-state index contributed by atoms with van der Waals surface area (Å²) < 4.78 is 16.0. The van der Waals surface area contributed by atoms with E-state index in [1.807, 2.05) is 6.07 Å². The van der Waals surface area contributed by atoms with E-state index in [-0.39, 0.29) is 30.7 Å². The van der Waals surface area contributed by atoms with Crippen molar-refractivity contribution in [3.05, 3.63) is 40.5 Å². The fourth-order valence-electron chi connectivity index (χ4n) is 3.16. The standard InChI is InChI=1S/C24H28N2O6/c1-5-6-11-32-21-9-8-18(14-22(21)30-4)13-19-16(2)20(15-25)24(29)26(23(19)28)10-7-12-31-17(3)27/h8-9,13-14H,5-7,10-12H2,1-4H3/b19-13+. The molecule has 8 nitrogen and oxygen atoms in total. The topological polar surface area (TPSA) is 106 Å². The first-order chi connectivity index (χ1) is 15.3. The number of benzene rings is 1. The number of hydrogen-bond acceptors (Lipinski definition) is 7. The first-order valence-electron chi connectivity index (χ1n) is 10.5. The van der Waals surface area contributed by atoms with Crippen LogP contribution in [0.1, 0.15) is 45.6 Å². The minimum Gasteiger partial charge on any atom is -0.493 e. The summed E-state index contributed by atoms with van der Waals surface area (Å²) in [6.07, 6.45) is 3.84. The first-order valence-corrected chi connectivity index (χ1v) is 10.5. The first kappa shape index (κ1) is 24.7. The summed E-state index contributed by atoms with van der Waals surface area (Å²) in [7, 11) is 1.53. The minimum absolute atomic E-state index is 0.0360. The third-order valence-corrected chi connectivity index (χ3v) is 4.91. The smallest absolute Gasteiger partial charge is 0.302 e. The van der Waals surface area contributed by atoms with Crippen LogP contribution in [0, 0.1) is 11.3 Å². The van der Waals surface area contributed by atoms with Crippen molar-refractivity contribution < 1.29 is 28.6 Å². The predicted octanol–water partition coefficient (Wildman–Crippen LogP) is 3.42. The zero-order chi connectivity index (χ0) is 23.7. The number of methoxy groups -OCH3 is 1. The van der Waals surface area contributed by atoms with Crippen molar-refractivity contribution in [1.29, 1.82) is 5.26 Å². The summed E-state index contributed by atoms with van der Waals surface area (Å²) >= 11 is 0. The van der Waals surface area contributed by atoms with Crippen LogP contribution in [-0.2, 0) is 19.1 Å². The van der Waals surface area contributed by atoms with E-state index in [0.29, 0.717) is 29.2 Å². The molecule has 2 rings (SSSR count). The molecule has 0 unspecified atom stereocenters. The summed E-state index contributed by atoms with van der Waals surface area (Å²) in [5.41, 5.74) is 1.14. The number of nitrogens with zero attached hydrogens (tertiary/aromatic N) is 2. The molecule has 0 aliphatic carbocycles. The lowest BCUT2D eigenvalue weighted by Crippen LogP contribution is -2.43. The van der Waals surface area contributed by atoms with Gasteiger partial charge in [0.1, 0.15) is 11.6 Å². The molecule has 1 heterocycles. The number of carbonyl (C=O) groups is 3. The van der Waals surface area contributed by atoms with Crippen LogP contribution in [0.5, 0.6) is 11.5 Å². The van der Waals surface area contributed by atoms with Gasteiger partial charge in [0.2, 0.25) is 0 Å². The fraction of sp³-hybridized carbons (Fsp3) is 0.417. The van der Waals surface area contributed by atoms with Crippen LogP contribution in [0.3, 0.4) is 0 Å². The normalized spacial score (nSPS) is 15.1. The molecule has 0 spiro atoms. The van der Waals surface area contributed by atoms with Crippen LogP contribution in [0.4, 0.5) is 0 Å². The molecule has 0 saturated carbocycles. The molecule has 0 N–H and O–H groups in total. The Bertz CT molecular complexity index is 987. The zero-order valence-corrected chi connectivity index (χ0v) is 18.9.